The van der Waals surface area contributed by atoms with E-state index in [0.717, 1.165) is 12.5 Å². The molecule has 0 spiro atoms. The monoisotopic (exact) mass is 185 g/mol. The van der Waals surface area contributed by atoms with E-state index in [2.05, 4.69) is 19.2 Å². The summed E-state index contributed by atoms with van der Waals surface area (Å²) in [5.74, 6) is 0.979. The summed E-state index contributed by atoms with van der Waals surface area (Å²) in [5, 5.41) is 3.57. The van der Waals surface area contributed by atoms with Crippen molar-refractivity contribution in [2.24, 2.45) is 5.92 Å². The van der Waals surface area contributed by atoms with Crippen LogP contribution in [0.5, 0.6) is 0 Å². The third-order valence-electron chi connectivity index (χ3n) is 2.88. The minimum atomic E-state index is 0.354. The molecular weight excluding hydrogens is 162 g/mol. The molecule has 13 heavy (non-hydrogen) atoms. The van der Waals surface area contributed by atoms with Crippen molar-refractivity contribution in [3.8, 4) is 0 Å². The van der Waals surface area contributed by atoms with Crippen molar-refractivity contribution in [2.45, 2.75) is 51.7 Å². The second-order valence-corrected chi connectivity index (χ2v) is 4.18. The van der Waals surface area contributed by atoms with Gasteiger partial charge in [-0.3, -0.25) is 0 Å². The highest BCUT2D eigenvalue weighted by Gasteiger charge is 2.27. The molecule has 0 aromatic heterocycles. The first-order chi connectivity index (χ1) is 6.27. The van der Waals surface area contributed by atoms with Gasteiger partial charge < -0.3 is 10.1 Å². The van der Waals surface area contributed by atoms with Gasteiger partial charge in [0.1, 0.15) is 0 Å². The van der Waals surface area contributed by atoms with E-state index in [0.29, 0.717) is 12.1 Å². The molecule has 2 heteroatoms. The van der Waals surface area contributed by atoms with Crippen LogP contribution >= 0.6 is 0 Å². The highest BCUT2D eigenvalue weighted by Crippen LogP contribution is 2.34. The summed E-state index contributed by atoms with van der Waals surface area (Å²) in [6.07, 6.45) is 5.72. The Morgan fingerprint density at radius 3 is 2.62 bits per heavy atom. The Morgan fingerprint density at radius 1 is 1.46 bits per heavy atom. The Kier molecular flexibility index (Phi) is 4.74. The van der Waals surface area contributed by atoms with Gasteiger partial charge in [-0.05, 0) is 32.2 Å². The Morgan fingerprint density at radius 2 is 2.15 bits per heavy atom. The molecule has 0 aromatic carbocycles. The lowest BCUT2D eigenvalue weighted by atomic mass is 10.1. The average molecular weight is 185 g/mol. The van der Waals surface area contributed by atoms with Crippen LogP contribution in [-0.2, 0) is 4.74 Å². The molecule has 2 atom stereocenters. The Labute approximate surface area is 82.0 Å². The van der Waals surface area contributed by atoms with Crippen LogP contribution in [0.3, 0.4) is 0 Å². The topological polar surface area (TPSA) is 21.3 Å². The molecule has 0 aliphatic heterocycles. The van der Waals surface area contributed by atoms with E-state index in [4.69, 9.17) is 4.74 Å². The highest BCUT2D eigenvalue weighted by molar-refractivity contribution is 4.83. The number of methoxy groups -OCH3 is 1. The maximum atomic E-state index is 5.38. The van der Waals surface area contributed by atoms with Crippen molar-refractivity contribution in [3.63, 3.8) is 0 Å². The predicted molar refractivity (Wildman–Crippen MR) is 55.9 cm³/mol. The third kappa shape index (κ3) is 4.10. The van der Waals surface area contributed by atoms with E-state index >= 15 is 0 Å². The van der Waals surface area contributed by atoms with E-state index in [1.54, 1.807) is 7.11 Å². The first-order valence-corrected chi connectivity index (χ1v) is 5.54. The van der Waals surface area contributed by atoms with E-state index in [1.807, 2.05) is 0 Å². The summed E-state index contributed by atoms with van der Waals surface area (Å²) in [6.45, 7) is 5.49. The molecule has 2 nitrogen and oxygen atoms in total. The standard InChI is InChI=1S/C11H23NO/c1-4-7-12-11(9(2)13-3)8-10-5-6-10/h9-12H,4-8H2,1-3H3. The van der Waals surface area contributed by atoms with Gasteiger partial charge in [0.05, 0.1) is 6.10 Å². The molecule has 0 saturated heterocycles. The van der Waals surface area contributed by atoms with Crippen molar-refractivity contribution in [3.05, 3.63) is 0 Å². The highest BCUT2D eigenvalue weighted by atomic mass is 16.5. The van der Waals surface area contributed by atoms with Gasteiger partial charge in [0.15, 0.2) is 0 Å². The summed E-state index contributed by atoms with van der Waals surface area (Å²) < 4.78 is 5.38. The molecule has 1 saturated carbocycles. The number of ether oxygens (including phenoxy) is 1. The molecule has 0 amide bonds. The van der Waals surface area contributed by atoms with Crippen LogP contribution in [0.4, 0.5) is 0 Å². The molecule has 1 aliphatic rings. The minimum Gasteiger partial charge on any atom is -0.380 e. The van der Waals surface area contributed by atoms with Crippen LogP contribution < -0.4 is 5.32 Å². The summed E-state index contributed by atoms with van der Waals surface area (Å²) in [4.78, 5) is 0. The summed E-state index contributed by atoms with van der Waals surface area (Å²) in [7, 11) is 1.80. The van der Waals surface area contributed by atoms with Gasteiger partial charge in [-0.2, -0.15) is 0 Å². The lowest BCUT2D eigenvalue weighted by Gasteiger charge is -2.24. The number of rotatable bonds is 7. The van der Waals surface area contributed by atoms with Crippen LogP contribution in [0.2, 0.25) is 0 Å². The second kappa shape index (κ2) is 5.61. The molecule has 2 unspecified atom stereocenters. The molecule has 0 heterocycles. The molecule has 0 radical (unpaired) electrons. The van der Waals surface area contributed by atoms with Crippen molar-refractivity contribution in [1.29, 1.82) is 0 Å². The molecule has 0 bridgehead atoms. The van der Waals surface area contributed by atoms with Crippen molar-refractivity contribution < 1.29 is 4.74 Å². The minimum absolute atomic E-state index is 0.354. The maximum Gasteiger partial charge on any atom is 0.0696 e. The van der Waals surface area contributed by atoms with E-state index < -0.39 is 0 Å². The van der Waals surface area contributed by atoms with Gasteiger partial charge in [0, 0.05) is 13.2 Å². The van der Waals surface area contributed by atoms with Crippen molar-refractivity contribution in [1.82, 2.24) is 5.32 Å². The van der Waals surface area contributed by atoms with Gasteiger partial charge in [0.25, 0.3) is 0 Å². The van der Waals surface area contributed by atoms with Crippen LogP contribution in [0, 0.1) is 5.92 Å². The SMILES string of the molecule is CCCNC(CC1CC1)C(C)OC. The van der Waals surface area contributed by atoms with Crippen LogP contribution in [0.25, 0.3) is 0 Å². The summed E-state index contributed by atoms with van der Waals surface area (Å²) in [6, 6.07) is 0.567. The largest absolute Gasteiger partial charge is 0.380 e. The number of hydrogen-bond donors (Lipinski definition) is 1. The summed E-state index contributed by atoms with van der Waals surface area (Å²) in [5.41, 5.74) is 0. The third-order valence-corrected chi connectivity index (χ3v) is 2.88. The quantitative estimate of drug-likeness (QED) is 0.656. The number of hydrogen-bond acceptors (Lipinski definition) is 2. The molecule has 1 rings (SSSR count). The van der Waals surface area contributed by atoms with E-state index in [1.165, 1.54) is 25.7 Å². The van der Waals surface area contributed by atoms with Crippen LogP contribution in [0.15, 0.2) is 0 Å². The lowest BCUT2D eigenvalue weighted by molar-refractivity contribution is 0.0781. The van der Waals surface area contributed by atoms with Gasteiger partial charge in [0.2, 0.25) is 0 Å². The maximum absolute atomic E-state index is 5.38. The van der Waals surface area contributed by atoms with E-state index in [-0.39, 0.29) is 0 Å². The summed E-state index contributed by atoms with van der Waals surface area (Å²) >= 11 is 0. The van der Waals surface area contributed by atoms with Gasteiger partial charge in [-0.15, -0.1) is 0 Å². The Bertz CT molecular complexity index is 134. The van der Waals surface area contributed by atoms with Crippen LogP contribution in [-0.4, -0.2) is 25.8 Å². The average Bonchev–Trinajstić information content (AvgIpc) is 2.94. The fourth-order valence-corrected chi connectivity index (χ4v) is 1.65. The zero-order valence-corrected chi connectivity index (χ0v) is 9.18. The fourth-order valence-electron chi connectivity index (χ4n) is 1.65. The molecule has 1 N–H and O–H groups in total. The normalized spacial score (nSPS) is 21.5. The van der Waals surface area contributed by atoms with Crippen molar-refractivity contribution in [2.75, 3.05) is 13.7 Å². The second-order valence-electron chi connectivity index (χ2n) is 4.18. The molecular formula is C11H23NO. The zero-order valence-electron chi connectivity index (χ0n) is 9.18. The first kappa shape index (κ1) is 11.0. The van der Waals surface area contributed by atoms with Gasteiger partial charge >= 0.3 is 0 Å². The first-order valence-electron chi connectivity index (χ1n) is 5.54. The van der Waals surface area contributed by atoms with Gasteiger partial charge in [-0.25, -0.2) is 0 Å². The molecule has 1 fully saturated rings. The fraction of sp³-hybridized carbons (Fsp3) is 1.00. The van der Waals surface area contributed by atoms with E-state index in [9.17, 15) is 0 Å². The molecule has 78 valence electrons. The Hall–Kier alpha value is -0.0800. The smallest absolute Gasteiger partial charge is 0.0696 e. The Balaban J connectivity index is 2.23. The lowest BCUT2D eigenvalue weighted by Crippen LogP contribution is -2.40. The van der Waals surface area contributed by atoms with Crippen molar-refractivity contribution >= 4 is 0 Å². The van der Waals surface area contributed by atoms with Gasteiger partial charge in [-0.1, -0.05) is 19.8 Å². The van der Waals surface area contributed by atoms with Crippen LogP contribution in [0.1, 0.15) is 39.5 Å². The number of nitrogens with one attached hydrogen (secondary N) is 1. The molecule has 0 aromatic rings. The predicted octanol–water partition coefficient (Wildman–Crippen LogP) is 2.19. The zero-order chi connectivity index (χ0) is 9.68. The molecule has 1 aliphatic carbocycles.